The van der Waals surface area contributed by atoms with Gasteiger partial charge < -0.3 is 10.1 Å². The molecule has 1 aromatic carbocycles. The lowest BCUT2D eigenvalue weighted by Crippen LogP contribution is -2.35. The van der Waals surface area contributed by atoms with E-state index in [2.05, 4.69) is 10.3 Å². The van der Waals surface area contributed by atoms with E-state index in [-0.39, 0.29) is 18.9 Å². The summed E-state index contributed by atoms with van der Waals surface area (Å²) in [5, 5.41) is 5.48. The summed E-state index contributed by atoms with van der Waals surface area (Å²) in [6, 6.07) is 8.26. The first-order valence-corrected chi connectivity index (χ1v) is 7.90. The summed E-state index contributed by atoms with van der Waals surface area (Å²) in [6.45, 7) is 3.89. The van der Waals surface area contributed by atoms with Crippen molar-refractivity contribution in [2.75, 3.05) is 6.61 Å². The van der Waals surface area contributed by atoms with Crippen molar-refractivity contribution in [2.45, 2.75) is 26.3 Å². The van der Waals surface area contributed by atoms with Crippen molar-refractivity contribution in [3.05, 3.63) is 52.0 Å². The molecule has 1 atom stereocenters. The average molecular weight is 318 g/mol. The molecule has 2 aromatic rings. The molecule has 22 heavy (non-hydrogen) atoms. The molecule has 0 bridgehead atoms. The zero-order chi connectivity index (χ0) is 15.9. The molecule has 0 radical (unpaired) electrons. The average Bonchev–Trinajstić information content (AvgIpc) is 2.91. The van der Waals surface area contributed by atoms with Gasteiger partial charge in [0.1, 0.15) is 0 Å². The van der Waals surface area contributed by atoms with Gasteiger partial charge in [0.05, 0.1) is 23.7 Å². The van der Waals surface area contributed by atoms with Crippen molar-refractivity contribution in [3.8, 4) is 0 Å². The van der Waals surface area contributed by atoms with E-state index in [9.17, 15) is 9.59 Å². The number of aryl methyl sites for hydroxylation is 1. The lowest BCUT2D eigenvalue weighted by atomic mass is 10.1. The van der Waals surface area contributed by atoms with Gasteiger partial charge in [-0.2, -0.15) is 0 Å². The van der Waals surface area contributed by atoms with Gasteiger partial charge in [0.25, 0.3) is 0 Å². The van der Waals surface area contributed by atoms with Crippen LogP contribution in [0.15, 0.2) is 35.7 Å². The first-order chi connectivity index (χ1) is 10.6. The smallest absolute Gasteiger partial charge is 0.333 e. The van der Waals surface area contributed by atoms with Gasteiger partial charge in [0.15, 0.2) is 6.04 Å². The molecule has 0 fully saturated rings. The number of ether oxygens (including phenoxy) is 1. The van der Waals surface area contributed by atoms with Crippen LogP contribution in [0.1, 0.15) is 29.2 Å². The fourth-order valence-electron chi connectivity index (χ4n) is 2.02. The molecular formula is C16H18N2O3S. The maximum absolute atomic E-state index is 12.2. The van der Waals surface area contributed by atoms with Gasteiger partial charge in [-0.3, -0.25) is 4.79 Å². The van der Waals surface area contributed by atoms with E-state index in [1.807, 2.05) is 30.5 Å². The standard InChI is InChI=1S/C16H18N2O3S/c1-3-21-16(20)15(12-7-5-4-6-8-12)18-14(19)9-13-10-22-11(2)17-13/h4-8,10,15H,3,9H2,1-2H3,(H,18,19). The molecule has 0 spiro atoms. The highest BCUT2D eigenvalue weighted by Crippen LogP contribution is 2.15. The number of amides is 1. The Morgan fingerprint density at radius 1 is 1.32 bits per heavy atom. The van der Waals surface area contributed by atoms with Crippen molar-refractivity contribution in [2.24, 2.45) is 0 Å². The molecular weight excluding hydrogens is 300 g/mol. The molecule has 5 nitrogen and oxygen atoms in total. The largest absolute Gasteiger partial charge is 0.464 e. The molecule has 1 N–H and O–H groups in total. The van der Waals surface area contributed by atoms with E-state index in [4.69, 9.17) is 4.74 Å². The molecule has 0 aliphatic carbocycles. The van der Waals surface area contributed by atoms with Crippen LogP contribution in [0.25, 0.3) is 0 Å². The van der Waals surface area contributed by atoms with Crippen LogP contribution in [-0.4, -0.2) is 23.5 Å². The molecule has 0 saturated heterocycles. The maximum atomic E-state index is 12.2. The summed E-state index contributed by atoms with van der Waals surface area (Å²) < 4.78 is 5.05. The monoisotopic (exact) mass is 318 g/mol. The number of nitrogens with zero attached hydrogens (tertiary/aromatic N) is 1. The fraction of sp³-hybridized carbons (Fsp3) is 0.312. The second kappa shape index (κ2) is 7.70. The van der Waals surface area contributed by atoms with Crippen LogP contribution in [0, 0.1) is 6.92 Å². The first-order valence-electron chi connectivity index (χ1n) is 7.02. The van der Waals surface area contributed by atoms with Crippen LogP contribution in [0.3, 0.4) is 0 Å². The number of esters is 1. The van der Waals surface area contributed by atoms with E-state index < -0.39 is 12.0 Å². The summed E-state index contributed by atoms with van der Waals surface area (Å²) in [7, 11) is 0. The van der Waals surface area contributed by atoms with Crippen LogP contribution in [0.5, 0.6) is 0 Å². The molecule has 0 aliphatic rings. The second-order valence-electron chi connectivity index (χ2n) is 4.70. The predicted molar refractivity (Wildman–Crippen MR) is 84.5 cm³/mol. The lowest BCUT2D eigenvalue weighted by Gasteiger charge is -2.17. The van der Waals surface area contributed by atoms with E-state index in [1.165, 1.54) is 11.3 Å². The minimum atomic E-state index is -0.798. The lowest BCUT2D eigenvalue weighted by molar-refractivity contribution is -0.147. The third kappa shape index (κ3) is 4.39. The van der Waals surface area contributed by atoms with Gasteiger partial charge >= 0.3 is 5.97 Å². The number of hydrogen-bond donors (Lipinski definition) is 1. The van der Waals surface area contributed by atoms with Crippen molar-refractivity contribution in [1.82, 2.24) is 10.3 Å². The van der Waals surface area contributed by atoms with Crippen molar-refractivity contribution in [3.63, 3.8) is 0 Å². The highest BCUT2D eigenvalue weighted by molar-refractivity contribution is 7.09. The predicted octanol–water partition coefficient (Wildman–Crippen LogP) is 2.41. The number of benzene rings is 1. The summed E-state index contributed by atoms with van der Waals surface area (Å²) in [6.07, 6.45) is 0.146. The van der Waals surface area contributed by atoms with E-state index in [0.717, 1.165) is 5.01 Å². The van der Waals surface area contributed by atoms with Gasteiger partial charge in [0.2, 0.25) is 5.91 Å². The SMILES string of the molecule is CCOC(=O)C(NC(=O)Cc1csc(C)n1)c1ccccc1. The van der Waals surface area contributed by atoms with Crippen LogP contribution in [0.2, 0.25) is 0 Å². The van der Waals surface area contributed by atoms with E-state index in [0.29, 0.717) is 11.3 Å². The Balaban J connectivity index is 2.09. The number of rotatable bonds is 6. The third-order valence-corrected chi connectivity index (χ3v) is 3.79. The van der Waals surface area contributed by atoms with Gasteiger partial charge in [-0.1, -0.05) is 30.3 Å². The molecule has 116 valence electrons. The molecule has 0 aliphatic heterocycles. The summed E-state index contributed by atoms with van der Waals surface area (Å²) in [4.78, 5) is 28.5. The Morgan fingerprint density at radius 2 is 2.05 bits per heavy atom. The number of thiazole rings is 1. The summed E-state index contributed by atoms with van der Waals surface area (Å²) >= 11 is 1.49. The number of nitrogens with one attached hydrogen (secondary N) is 1. The first kappa shape index (κ1) is 16.2. The highest BCUT2D eigenvalue weighted by Gasteiger charge is 2.24. The van der Waals surface area contributed by atoms with E-state index >= 15 is 0 Å². The maximum Gasteiger partial charge on any atom is 0.333 e. The van der Waals surface area contributed by atoms with E-state index in [1.54, 1.807) is 19.1 Å². The summed E-state index contributed by atoms with van der Waals surface area (Å²) in [5.74, 6) is -0.719. The fourth-order valence-corrected chi connectivity index (χ4v) is 2.63. The van der Waals surface area contributed by atoms with Crippen molar-refractivity contribution < 1.29 is 14.3 Å². The Bertz CT molecular complexity index is 640. The Kier molecular flexibility index (Phi) is 5.66. The minimum Gasteiger partial charge on any atom is -0.464 e. The van der Waals surface area contributed by atoms with Gasteiger partial charge in [-0.25, -0.2) is 9.78 Å². The molecule has 0 saturated carbocycles. The van der Waals surface area contributed by atoms with Crippen LogP contribution >= 0.6 is 11.3 Å². The Labute approximate surface area is 133 Å². The van der Waals surface area contributed by atoms with Crippen LogP contribution < -0.4 is 5.32 Å². The number of carbonyl (C=O) groups is 2. The molecule has 1 aromatic heterocycles. The highest BCUT2D eigenvalue weighted by atomic mass is 32.1. The van der Waals surface area contributed by atoms with Crippen molar-refractivity contribution in [1.29, 1.82) is 0 Å². The van der Waals surface area contributed by atoms with Crippen LogP contribution in [0.4, 0.5) is 0 Å². The molecule has 1 amide bonds. The molecule has 6 heteroatoms. The zero-order valence-corrected chi connectivity index (χ0v) is 13.4. The van der Waals surface area contributed by atoms with Crippen molar-refractivity contribution >= 4 is 23.2 Å². The summed E-state index contributed by atoms with van der Waals surface area (Å²) in [5.41, 5.74) is 1.40. The Hall–Kier alpha value is -2.21. The zero-order valence-electron chi connectivity index (χ0n) is 12.5. The molecule has 1 unspecified atom stereocenters. The minimum absolute atomic E-state index is 0.146. The topological polar surface area (TPSA) is 68.3 Å². The number of carbonyl (C=O) groups excluding carboxylic acids is 2. The Morgan fingerprint density at radius 3 is 2.64 bits per heavy atom. The third-order valence-electron chi connectivity index (χ3n) is 2.97. The quantitative estimate of drug-likeness (QED) is 0.831. The second-order valence-corrected chi connectivity index (χ2v) is 5.76. The normalized spacial score (nSPS) is 11.7. The molecule has 1 heterocycles. The van der Waals surface area contributed by atoms with Gasteiger partial charge in [-0.15, -0.1) is 11.3 Å². The van der Waals surface area contributed by atoms with Gasteiger partial charge in [-0.05, 0) is 19.4 Å². The number of hydrogen-bond acceptors (Lipinski definition) is 5. The van der Waals surface area contributed by atoms with Crippen LogP contribution in [-0.2, 0) is 20.7 Å². The van der Waals surface area contributed by atoms with Gasteiger partial charge in [0, 0.05) is 5.38 Å². The molecule has 2 rings (SSSR count). The number of aromatic nitrogens is 1.